The van der Waals surface area contributed by atoms with E-state index >= 15 is 0 Å². The van der Waals surface area contributed by atoms with Crippen molar-refractivity contribution in [2.75, 3.05) is 26.3 Å². The van der Waals surface area contributed by atoms with E-state index in [1.807, 2.05) is 25.7 Å². The first kappa shape index (κ1) is 11.9. The zero-order chi connectivity index (χ0) is 11.8. The summed E-state index contributed by atoms with van der Waals surface area (Å²) in [4.78, 5) is 14.0. The number of amides is 1. The van der Waals surface area contributed by atoms with Crippen LogP contribution in [-0.2, 0) is 14.3 Å². The lowest BCUT2D eigenvalue weighted by Crippen LogP contribution is -2.50. The monoisotopic (exact) mass is 227 g/mol. The van der Waals surface area contributed by atoms with Gasteiger partial charge in [-0.2, -0.15) is 0 Å². The average Bonchev–Trinajstić information content (AvgIpc) is 2.66. The molecule has 0 radical (unpaired) electrons. The maximum atomic E-state index is 12.1. The van der Waals surface area contributed by atoms with E-state index in [1.165, 1.54) is 0 Å². The molecule has 92 valence electrons. The summed E-state index contributed by atoms with van der Waals surface area (Å²) in [5.74, 6) is -0.158. The highest BCUT2D eigenvalue weighted by Crippen LogP contribution is 2.32. The fraction of sp³-hybridized carbons (Fsp3) is 0.917. The van der Waals surface area contributed by atoms with Crippen LogP contribution in [0.4, 0.5) is 0 Å². The van der Waals surface area contributed by atoms with Gasteiger partial charge in [0.25, 0.3) is 0 Å². The van der Waals surface area contributed by atoms with Crippen molar-refractivity contribution in [3.63, 3.8) is 0 Å². The van der Waals surface area contributed by atoms with Gasteiger partial charge in [0.2, 0.25) is 5.91 Å². The molecule has 16 heavy (non-hydrogen) atoms. The fourth-order valence-corrected chi connectivity index (χ4v) is 2.31. The Bertz CT molecular complexity index is 266. The summed E-state index contributed by atoms with van der Waals surface area (Å²) in [7, 11) is 0. The minimum Gasteiger partial charge on any atom is -0.347 e. The second-order valence-electron chi connectivity index (χ2n) is 5.65. The SMILES string of the molecule is CC(C)(C)C(=O)N1CCC2(CC1)OCCO2. The standard InChI is InChI=1S/C12H21NO3/c1-11(2,3)10(14)13-6-4-12(5-7-13)15-8-9-16-12/h4-9H2,1-3H3. The molecule has 4 nitrogen and oxygen atoms in total. The van der Waals surface area contributed by atoms with Crippen LogP contribution in [0.3, 0.4) is 0 Å². The first-order chi connectivity index (χ1) is 7.43. The first-order valence-corrected chi connectivity index (χ1v) is 6.00. The highest BCUT2D eigenvalue weighted by atomic mass is 16.7. The van der Waals surface area contributed by atoms with Gasteiger partial charge in [-0.3, -0.25) is 4.79 Å². The van der Waals surface area contributed by atoms with Gasteiger partial charge in [-0.1, -0.05) is 20.8 Å². The number of likely N-dealkylation sites (tertiary alicyclic amines) is 1. The first-order valence-electron chi connectivity index (χ1n) is 6.00. The van der Waals surface area contributed by atoms with E-state index < -0.39 is 0 Å². The summed E-state index contributed by atoms with van der Waals surface area (Å²) in [5.41, 5.74) is -0.290. The number of ether oxygens (including phenoxy) is 2. The van der Waals surface area contributed by atoms with Gasteiger partial charge in [0, 0.05) is 31.3 Å². The van der Waals surface area contributed by atoms with Gasteiger partial charge in [0.15, 0.2) is 5.79 Å². The smallest absolute Gasteiger partial charge is 0.227 e. The van der Waals surface area contributed by atoms with E-state index in [0.717, 1.165) is 25.9 Å². The molecule has 2 aliphatic heterocycles. The molecule has 0 aromatic rings. The Hall–Kier alpha value is -0.610. The summed E-state index contributed by atoms with van der Waals surface area (Å²) < 4.78 is 11.3. The maximum absolute atomic E-state index is 12.1. The van der Waals surface area contributed by atoms with Crippen LogP contribution in [0.15, 0.2) is 0 Å². The van der Waals surface area contributed by atoms with Crippen molar-refractivity contribution in [3.8, 4) is 0 Å². The Balaban J connectivity index is 1.92. The van der Waals surface area contributed by atoms with Crippen molar-refractivity contribution < 1.29 is 14.3 Å². The Kier molecular flexibility index (Phi) is 2.97. The van der Waals surface area contributed by atoms with Gasteiger partial charge in [-0.25, -0.2) is 0 Å². The molecular weight excluding hydrogens is 206 g/mol. The van der Waals surface area contributed by atoms with E-state index in [-0.39, 0.29) is 17.1 Å². The van der Waals surface area contributed by atoms with Gasteiger partial charge in [-0.15, -0.1) is 0 Å². The minimum absolute atomic E-state index is 0.223. The number of carbonyl (C=O) groups is 1. The highest BCUT2D eigenvalue weighted by molar-refractivity contribution is 5.81. The molecule has 1 spiro atoms. The second-order valence-corrected chi connectivity index (χ2v) is 5.65. The Morgan fingerprint density at radius 1 is 1.12 bits per heavy atom. The predicted molar refractivity (Wildman–Crippen MR) is 59.9 cm³/mol. The molecule has 0 saturated carbocycles. The summed E-state index contributed by atoms with van der Waals surface area (Å²) in [6, 6.07) is 0. The molecule has 0 atom stereocenters. The van der Waals surface area contributed by atoms with Crippen LogP contribution in [0.25, 0.3) is 0 Å². The number of nitrogens with zero attached hydrogens (tertiary/aromatic N) is 1. The minimum atomic E-state index is -0.380. The summed E-state index contributed by atoms with van der Waals surface area (Å²) >= 11 is 0. The lowest BCUT2D eigenvalue weighted by molar-refractivity contribution is -0.189. The zero-order valence-corrected chi connectivity index (χ0v) is 10.4. The molecule has 0 N–H and O–H groups in total. The van der Waals surface area contributed by atoms with Gasteiger partial charge >= 0.3 is 0 Å². The zero-order valence-electron chi connectivity index (χ0n) is 10.4. The Labute approximate surface area is 96.9 Å². The second kappa shape index (κ2) is 4.00. The largest absolute Gasteiger partial charge is 0.347 e. The third kappa shape index (κ3) is 2.23. The number of piperidine rings is 1. The maximum Gasteiger partial charge on any atom is 0.227 e. The molecule has 0 aromatic carbocycles. The molecule has 0 bridgehead atoms. The van der Waals surface area contributed by atoms with Gasteiger partial charge in [-0.05, 0) is 0 Å². The number of rotatable bonds is 0. The lowest BCUT2D eigenvalue weighted by atomic mass is 9.92. The molecule has 0 unspecified atom stereocenters. The van der Waals surface area contributed by atoms with E-state index in [2.05, 4.69) is 0 Å². The molecule has 4 heteroatoms. The van der Waals surface area contributed by atoms with E-state index in [1.54, 1.807) is 0 Å². The van der Waals surface area contributed by atoms with Crippen LogP contribution in [-0.4, -0.2) is 42.9 Å². The number of hydrogen-bond acceptors (Lipinski definition) is 3. The van der Waals surface area contributed by atoms with Crippen molar-refractivity contribution in [3.05, 3.63) is 0 Å². The van der Waals surface area contributed by atoms with E-state index in [0.29, 0.717) is 13.2 Å². The van der Waals surface area contributed by atoms with Gasteiger partial charge in [0.1, 0.15) is 0 Å². The normalized spacial score (nSPS) is 25.1. The average molecular weight is 227 g/mol. The lowest BCUT2D eigenvalue weighted by Gasteiger charge is -2.39. The number of carbonyl (C=O) groups excluding carboxylic acids is 1. The van der Waals surface area contributed by atoms with E-state index in [4.69, 9.17) is 9.47 Å². The Morgan fingerprint density at radius 2 is 1.62 bits per heavy atom. The van der Waals surface area contributed by atoms with E-state index in [9.17, 15) is 4.79 Å². The van der Waals surface area contributed by atoms with Crippen molar-refractivity contribution >= 4 is 5.91 Å². The van der Waals surface area contributed by atoms with Gasteiger partial charge in [0.05, 0.1) is 13.2 Å². The molecular formula is C12H21NO3. The van der Waals surface area contributed by atoms with Crippen LogP contribution in [0.1, 0.15) is 33.6 Å². The van der Waals surface area contributed by atoms with Crippen molar-refractivity contribution in [1.29, 1.82) is 0 Å². The molecule has 0 aromatic heterocycles. The third-order valence-corrected chi connectivity index (χ3v) is 3.27. The Morgan fingerprint density at radius 3 is 2.06 bits per heavy atom. The van der Waals surface area contributed by atoms with Gasteiger partial charge < -0.3 is 14.4 Å². The van der Waals surface area contributed by atoms with Crippen molar-refractivity contribution in [2.45, 2.75) is 39.4 Å². The molecule has 2 rings (SSSR count). The molecule has 0 aliphatic carbocycles. The summed E-state index contributed by atoms with van der Waals surface area (Å²) in [5, 5.41) is 0. The van der Waals surface area contributed by atoms with Crippen LogP contribution < -0.4 is 0 Å². The predicted octanol–water partition coefficient (Wildman–Crippen LogP) is 1.40. The molecule has 2 aliphatic rings. The van der Waals surface area contributed by atoms with Crippen LogP contribution in [0.2, 0.25) is 0 Å². The van der Waals surface area contributed by atoms with Crippen molar-refractivity contribution in [1.82, 2.24) is 4.90 Å². The van der Waals surface area contributed by atoms with Crippen LogP contribution in [0.5, 0.6) is 0 Å². The summed E-state index contributed by atoms with van der Waals surface area (Å²) in [6.07, 6.45) is 1.60. The van der Waals surface area contributed by atoms with Crippen LogP contribution >= 0.6 is 0 Å². The molecule has 1 amide bonds. The number of hydrogen-bond donors (Lipinski definition) is 0. The third-order valence-electron chi connectivity index (χ3n) is 3.27. The molecule has 2 fully saturated rings. The fourth-order valence-electron chi connectivity index (χ4n) is 2.31. The quantitative estimate of drug-likeness (QED) is 0.628. The molecule has 2 saturated heterocycles. The van der Waals surface area contributed by atoms with Crippen molar-refractivity contribution in [2.24, 2.45) is 5.41 Å². The molecule has 2 heterocycles. The topological polar surface area (TPSA) is 38.8 Å². The van der Waals surface area contributed by atoms with Crippen LogP contribution in [0, 0.1) is 5.41 Å². The highest BCUT2D eigenvalue weighted by Gasteiger charge is 2.42. The summed E-state index contributed by atoms with van der Waals surface area (Å²) in [6.45, 7) is 8.75.